The highest BCUT2D eigenvalue weighted by atomic mass is 16.4. The van der Waals surface area contributed by atoms with Gasteiger partial charge in [-0.1, -0.05) is 12.1 Å². The van der Waals surface area contributed by atoms with Crippen LogP contribution >= 0.6 is 0 Å². The molecule has 0 fully saturated rings. The molecule has 0 aliphatic rings. The van der Waals surface area contributed by atoms with Crippen molar-refractivity contribution in [3.05, 3.63) is 41.1 Å². The second kappa shape index (κ2) is 6.44. The van der Waals surface area contributed by atoms with E-state index in [-0.39, 0.29) is 17.7 Å². The van der Waals surface area contributed by atoms with E-state index in [1.165, 1.54) is 0 Å². The lowest BCUT2D eigenvalue weighted by Gasteiger charge is -2.05. The average molecular weight is 252 g/mol. The molecule has 0 heterocycles. The van der Waals surface area contributed by atoms with Gasteiger partial charge in [0, 0.05) is 5.69 Å². The van der Waals surface area contributed by atoms with Crippen molar-refractivity contribution in [1.29, 1.82) is 15.8 Å². The topological polar surface area (TPSA) is 121 Å². The van der Waals surface area contributed by atoms with Crippen LogP contribution in [0.15, 0.2) is 35.5 Å². The van der Waals surface area contributed by atoms with E-state index >= 15 is 0 Å². The van der Waals surface area contributed by atoms with E-state index in [1.807, 2.05) is 0 Å². The first kappa shape index (κ1) is 13.8. The van der Waals surface area contributed by atoms with Gasteiger partial charge in [0.05, 0.1) is 6.42 Å². The van der Waals surface area contributed by atoms with Gasteiger partial charge in [-0.25, -0.2) is 0 Å². The highest BCUT2D eigenvalue weighted by Crippen LogP contribution is 2.14. The molecule has 0 atom stereocenters. The molecule has 0 saturated heterocycles. The van der Waals surface area contributed by atoms with Crippen LogP contribution in [-0.4, -0.2) is 11.1 Å². The number of aliphatic carboxylic acids is 1. The number of nitriles is 3. The maximum atomic E-state index is 10.5. The lowest BCUT2D eigenvalue weighted by Crippen LogP contribution is -2.02. The zero-order valence-electron chi connectivity index (χ0n) is 9.71. The number of carboxylic acid groups (broad SMARTS) is 1. The van der Waals surface area contributed by atoms with Crippen LogP contribution in [0.4, 0.5) is 5.69 Å². The first-order valence-electron chi connectivity index (χ1n) is 5.13. The molecule has 92 valence electrons. The van der Waals surface area contributed by atoms with E-state index in [0.717, 1.165) is 0 Å². The van der Waals surface area contributed by atoms with Gasteiger partial charge in [-0.05, 0) is 17.7 Å². The minimum Gasteiger partial charge on any atom is -0.481 e. The third-order valence-electron chi connectivity index (χ3n) is 2.16. The Kier molecular flexibility index (Phi) is 4.66. The molecule has 0 saturated carbocycles. The predicted molar refractivity (Wildman–Crippen MR) is 65.3 cm³/mol. The van der Waals surface area contributed by atoms with Crippen molar-refractivity contribution in [2.24, 2.45) is 0 Å². The highest BCUT2D eigenvalue weighted by molar-refractivity contribution is 5.70. The maximum absolute atomic E-state index is 10.5. The number of allylic oxidation sites excluding steroid dienone is 2. The van der Waals surface area contributed by atoms with Crippen LogP contribution < -0.4 is 5.32 Å². The van der Waals surface area contributed by atoms with Crippen molar-refractivity contribution < 1.29 is 9.90 Å². The Morgan fingerprint density at radius 3 is 2.11 bits per heavy atom. The van der Waals surface area contributed by atoms with E-state index < -0.39 is 5.97 Å². The lowest BCUT2D eigenvalue weighted by atomic mass is 10.1. The molecule has 0 spiro atoms. The van der Waals surface area contributed by atoms with E-state index in [4.69, 9.17) is 20.9 Å². The first-order valence-corrected chi connectivity index (χ1v) is 5.13. The summed E-state index contributed by atoms with van der Waals surface area (Å²) in [5.41, 5.74) is 0.656. The van der Waals surface area contributed by atoms with Crippen LogP contribution in [0.2, 0.25) is 0 Å². The zero-order valence-corrected chi connectivity index (χ0v) is 9.71. The molecule has 0 aliphatic heterocycles. The Morgan fingerprint density at radius 2 is 1.68 bits per heavy atom. The molecule has 0 amide bonds. The Morgan fingerprint density at radius 1 is 1.11 bits per heavy atom. The molecule has 19 heavy (non-hydrogen) atoms. The molecule has 2 N–H and O–H groups in total. The molecule has 0 radical (unpaired) electrons. The van der Waals surface area contributed by atoms with Crippen molar-refractivity contribution in [2.45, 2.75) is 6.42 Å². The molecular formula is C13H8N4O2. The van der Waals surface area contributed by atoms with Crippen LogP contribution in [0.1, 0.15) is 5.56 Å². The molecule has 6 nitrogen and oxygen atoms in total. The summed E-state index contributed by atoms with van der Waals surface area (Å²) in [5, 5.41) is 37.4. The quantitative estimate of drug-likeness (QED) is 0.784. The van der Waals surface area contributed by atoms with E-state index in [0.29, 0.717) is 11.3 Å². The lowest BCUT2D eigenvalue weighted by molar-refractivity contribution is -0.136. The van der Waals surface area contributed by atoms with Gasteiger partial charge in [-0.15, -0.1) is 0 Å². The number of carbonyl (C=O) groups is 1. The number of hydrogen-bond donors (Lipinski definition) is 2. The number of anilines is 1. The van der Waals surface area contributed by atoms with Crippen molar-refractivity contribution in [2.75, 3.05) is 5.32 Å². The van der Waals surface area contributed by atoms with Gasteiger partial charge in [0.25, 0.3) is 0 Å². The van der Waals surface area contributed by atoms with Crippen LogP contribution in [0, 0.1) is 34.0 Å². The van der Waals surface area contributed by atoms with E-state index in [9.17, 15) is 4.79 Å². The zero-order chi connectivity index (χ0) is 14.3. The number of benzene rings is 1. The average Bonchev–Trinajstić information content (AvgIpc) is 2.40. The third-order valence-corrected chi connectivity index (χ3v) is 2.16. The number of carboxylic acids is 1. The summed E-state index contributed by atoms with van der Waals surface area (Å²) in [5.74, 6) is -0.936. The molecule has 0 bridgehead atoms. The number of nitrogens with zero attached hydrogens (tertiary/aromatic N) is 3. The second-order valence-electron chi connectivity index (χ2n) is 3.48. The Bertz CT molecular complexity index is 623. The summed E-state index contributed by atoms with van der Waals surface area (Å²) < 4.78 is 0. The third kappa shape index (κ3) is 3.89. The van der Waals surface area contributed by atoms with Crippen molar-refractivity contribution in [1.82, 2.24) is 0 Å². The summed E-state index contributed by atoms with van der Waals surface area (Å²) in [7, 11) is 0. The largest absolute Gasteiger partial charge is 0.481 e. The summed E-state index contributed by atoms with van der Waals surface area (Å²) in [6.07, 6.45) is -0.0944. The summed E-state index contributed by atoms with van der Waals surface area (Å²) in [6.45, 7) is 0. The predicted octanol–water partition coefficient (Wildman–Crippen LogP) is 1.55. The standard InChI is InChI=1S/C13H8N4O2/c14-6-10(7-15)12(8-16)17-11-3-1-9(2-4-11)5-13(18)19/h1-4,17H,5H2,(H,18,19). The van der Waals surface area contributed by atoms with Crippen molar-refractivity contribution in [3.8, 4) is 18.2 Å². The minimum atomic E-state index is -0.936. The fourth-order valence-corrected chi connectivity index (χ4v) is 1.31. The molecule has 0 aliphatic carbocycles. The fourth-order valence-electron chi connectivity index (χ4n) is 1.31. The van der Waals surface area contributed by atoms with Gasteiger partial charge in [0.1, 0.15) is 23.9 Å². The van der Waals surface area contributed by atoms with Crippen LogP contribution in [0.25, 0.3) is 0 Å². The number of hydrogen-bond acceptors (Lipinski definition) is 5. The van der Waals surface area contributed by atoms with Gasteiger partial charge in [0.2, 0.25) is 0 Å². The van der Waals surface area contributed by atoms with Crippen LogP contribution in [0.3, 0.4) is 0 Å². The number of rotatable bonds is 4. The Balaban J connectivity index is 2.93. The van der Waals surface area contributed by atoms with E-state index in [1.54, 1.807) is 42.5 Å². The first-order chi connectivity index (χ1) is 9.10. The molecular weight excluding hydrogens is 244 g/mol. The summed E-state index contributed by atoms with van der Waals surface area (Å²) >= 11 is 0. The van der Waals surface area contributed by atoms with Gasteiger partial charge in [-0.3, -0.25) is 4.79 Å². The van der Waals surface area contributed by atoms with Crippen LogP contribution in [0.5, 0.6) is 0 Å². The molecule has 0 unspecified atom stereocenters. The fraction of sp³-hybridized carbons (Fsp3) is 0.0769. The number of nitrogens with one attached hydrogen (secondary N) is 1. The summed E-state index contributed by atoms with van der Waals surface area (Å²) in [4.78, 5) is 10.5. The summed E-state index contributed by atoms with van der Waals surface area (Å²) in [6, 6.07) is 11.3. The molecule has 1 aromatic rings. The smallest absolute Gasteiger partial charge is 0.307 e. The van der Waals surface area contributed by atoms with Gasteiger partial charge < -0.3 is 10.4 Å². The molecule has 6 heteroatoms. The van der Waals surface area contributed by atoms with Gasteiger partial charge >= 0.3 is 5.97 Å². The SMILES string of the molecule is N#CC(C#N)=C(C#N)Nc1ccc(CC(=O)O)cc1. The Labute approximate surface area is 109 Å². The second-order valence-corrected chi connectivity index (χ2v) is 3.48. The molecule has 1 rings (SSSR count). The molecule has 0 aromatic heterocycles. The highest BCUT2D eigenvalue weighted by Gasteiger charge is 2.06. The van der Waals surface area contributed by atoms with Crippen LogP contribution in [-0.2, 0) is 11.2 Å². The van der Waals surface area contributed by atoms with Crippen molar-refractivity contribution in [3.63, 3.8) is 0 Å². The normalized spacial score (nSPS) is 8.47. The van der Waals surface area contributed by atoms with Gasteiger partial charge in [-0.2, -0.15) is 15.8 Å². The monoisotopic (exact) mass is 252 g/mol. The Hall–Kier alpha value is -3.30. The van der Waals surface area contributed by atoms with E-state index in [2.05, 4.69) is 5.32 Å². The maximum Gasteiger partial charge on any atom is 0.307 e. The van der Waals surface area contributed by atoms with Crippen molar-refractivity contribution >= 4 is 11.7 Å². The van der Waals surface area contributed by atoms with Gasteiger partial charge in [0.15, 0.2) is 5.57 Å². The molecule has 1 aromatic carbocycles. The minimum absolute atomic E-state index is 0.0944.